The topological polar surface area (TPSA) is 40.5 Å². The average Bonchev–Trinajstić information content (AvgIpc) is 2.68. The van der Waals surface area contributed by atoms with Gasteiger partial charge in [-0.05, 0) is 42.2 Å². The van der Waals surface area contributed by atoms with Crippen LogP contribution in [0, 0.1) is 5.41 Å². The summed E-state index contributed by atoms with van der Waals surface area (Å²) in [5.74, 6) is -1.95. The SMILES string of the molecule is CC1(C)CCCCCC(Br)(Br)C(c2ccccc2)(c2ccccc2)C(O)(O)CCC1. The number of hydrogen-bond acceptors (Lipinski definition) is 2. The van der Waals surface area contributed by atoms with Crippen LogP contribution in [0.25, 0.3) is 0 Å². The van der Waals surface area contributed by atoms with Gasteiger partial charge in [0.15, 0.2) is 5.79 Å². The molecule has 2 N–H and O–H groups in total. The molecule has 0 aromatic heterocycles. The van der Waals surface area contributed by atoms with Gasteiger partial charge in [0.25, 0.3) is 0 Å². The van der Waals surface area contributed by atoms with E-state index in [1.807, 2.05) is 60.7 Å². The molecule has 0 spiro atoms. The summed E-state index contributed by atoms with van der Waals surface area (Å²) >= 11 is 7.95. The van der Waals surface area contributed by atoms with E-state index in [2.05, 4.69) is 45.7 Å². The van der Waals surface area contributed by atoms with E-state index in [9.17, 15) is 10.2 Å². The van der Waals surface area contributed by atoms with Gasteiger partial charge in [0.05, 0.1) is 8.65 Å². The molecule has 0 radical (unpaired) electrons. The molecular weight excluding hydrogens is 504 g/mol. The van der Waals surface area contributed by atoms with Crippen molar-refractivity contribution in [2.45, 2.75) is 79.6 Å². The van der Waals surface area contributed by atoms with E-state index in [1.54, 1.807) is 0 Å². The smallest absolute Gasteiger partial charge is 0.178 e. The van der Waals surface area contributed by atoms with Crippen LogP contribution in [0.2, 0.25) is 0 Å². The van der Waals surface area contributed by atoms with Gasteiger partial charge >= 0.3 is 0 Å². The molecule has 1 aliphatic carbocycles. The summed E-state index contributed by atoms with van der Waals surface area (Å²) < 4.78 is -0.714. The number of rotatable bonds is 2. The van der Waals surface area contributed by atoms with Crippen LogP contribution < -0.4 is 0 Å². The van der Waals surface area contributed by atoms with Gasteiger partial charge in [-0.3, -0.25) is 0 Å². The summed E-state index contributed by atoms with van der Waals surface area (Å²) in [7, 11) is 0. The Morgan fingerprint density at radius 1 is 0.633 bits per heavy atom. The number of benzene rings is 2. The van der Waals surface area contributed by atoms with Crippen molar-refractivity contribution in [2.75, 3.05) is 0 Å². The van der Waals surface area contributed by atoms with Gasteiger partial charge in [-0.25, -0.2) is 0 Å². The summed E-state index contributed by atoms with van der Waals surface area (Å²) in [6.45, 7) is 4.60. The van der Waals surface area contributed by atoms with Crippen molar-refractivity contribution in [3.63, 3.8) is 0 Å². The minimum atomic E-state index is -1.95. The van der Waals surface area contributed by atoms with Gasteiger partial charge in [0, 0.05) is 6.42 Å². The van der Waals surface area contributed by atoms with Crippen LogP contribution in [0.15, 0.2) is 60.7 Å². The van der Waals surface area contributed by atoms with Crippen LogP contribution in [0.5, 0.6) is 0 Å². The lowest BCUT2D eigenvalue weighted by atomic mass is 9.63. The molecule has 0 aliphatic heterocycles. The molecule has 0 bridgehead atoms. The zero-order valence-electron chi connectivity index (χ0n) is 18.1. The quantitative estimate of drug-likeness (QED) is 0.311. The predicted molar refractivity (Wildman–Crippen MR) is 132 cm³/mol. The fraction of sp³-hybridized carbons (Fsp3) is 0.538. The van der Waals surface area contributed by atoms with E-state index in [-0.39, 0.29) is 5.41 Å². The van der Waals surface area contributed by atoms with Gasteiger partial charge in [-0.15, -0.1) is 0 Å². The van der Waals surface area contributed by atoms with Crippen LogP contribution in [-0.4, -0.2) is 19.2 Å². The first-order chi connectivity index (χ1) is 14.1. The Morgan fingerprint density at radius 3 is 1.63 bits per heavy atom. The predicted octanol–water partition coefficient (Wildman–Crippen LogP) is 7.30. The molecule has 2 aromatic rings. The Labute approximate surface area is 198 Å². The van der Waals surface area contributed by atoms with Gasteiger partial charge in [-0.1, -0.05) is 126 Å². The van der Waals surface area contributed by atoms with Crippen LogP contribution in [0.1, 0.15) is 76.3 Å². The summed E-state index contributed by atoms with van der Waals surface area (Å²) in [6, 6.07) is 19.9. The minimum absolute atomic E-state index is 0.220. The number of hydrogen-bond donors (Lipinski definition) is 2. The van der Waals surface area contributed by atoms with E-state index < -0.39 is 14.4 Å². The van der Waals surface area contributed by atoms with Crippen molar-refractivity contribution < 1.29 is 10.2 Å². The third-order valence-corrected chi connectivity index (χ3v) is 8.77. The lowest BCUT2D eigenvalue weighted by Crippen LogP contribution is -2.61. The van der Waals surface area contributed by atoms with Gasteiger partial charge in [0.2, 0.25) is 0 Å². The molecule has 3 rings (SSSR count). The van der Waals surface area contributed by atoms with Gasteiger partial charge < -0.3 is 10.2 Å². The van der Waals surface area contributed by atoms with E-state index in [0.29, 0.717) is 6.42 Å². The normalized spacial score (nSPS) is 23.7. The molecule has 0 atom stereocenters. The molecule has 4 heteroatoms. The zero-order chi connectivity index (χ0) is 21.9. The Hall–Kier alpha value is -0.680. The van der Waals surface area contributed by atoms with Gasteiger partial charge in [0.1, 0.15) is 0 Å². The molecule has 30 heavy (non-hydrogen) atoms. The fourth-order valence-electron chi connectivity index (χ4n) is 5.16. The van der Waals surface area contributed by atoms with Crippen molar-refractivity contribution in [2.24, 2.45) is 5.41 Å². The Morgan fingerprint density at radius 2 is 1.10 bits per heavy atom. The van der Waals surface area contributed by atoms with Crippen molar-refractivity contribution >= 4 is 31.9 Å². The highest BCUT2D eigenvalue weighted by atomic mass is 79.9. The second kappa shape index (κ2) is 9.44. The molecule has 1 fully saturated rings. The summed E-state index contributed by atoms with van der Waals surface area (Å²) in [5, 5.41) is 23.8. The minimum Gasteiger partial charge on any atom is -0.365 e. The van der Waals surface area contributed by atoms with E-state index >= 15 is 0 Å². The van der Waals surface area contributed by atoms with Crippen LogP contribution in [0.4, 0.5) is 0 Å². The van der Waals surface area contributed by atoms with E-state index in [0.717, 1.165) is 43.2 Å². The maximum absolute atomic E-state index is 11.9. The lowest BCUT2D eigenvalue weighted by molar-refractivity contribution is -0.211. The number of aliphatic hydroxyl groups is 2. The second-order valence-electron chi connectivity index (χ2n) is 9.58. The Balaban J connectivity index is 2.22. The molecule has 164 valence electrons. The highest BCUT2D eigenvalue weighted by Gasteiger charge is 2.62. The van der Waals surface area contributed by atoms with Crippen molar-refractivity contribution in [3.8, 4) is 0 Å². The maximum Gasteiger partial charge on any atom is 0.178 e. The molecule has 2 nitrogen and oxygen atoms in total. The lowest BCUT2D eigenvalue weighted by Gasteiger charge is -2.52. The molecule has 0 amide bonds. The summed E-state index contributed by atoms with van der Waals surface area (Å²) in [6.07, 6.45) is 7.34. The first-order valence-corrected chi connectivity index (χ1v) is 12.6. The highest BCUT2D eigenvalue weighted by Crippen LogP contribution is 2.59. The molecule has 2 aromatic carbocycles. The first-order valence-electron chi connectivity index (χ1n) is 11.1. The van der Waals surface area contributed by atoms with E-state index in [1.165, 1.54) is 12.8 Å². The van der Waals surface area contributed by atoms with E-state index in [4.69, 9.17) is 0 Å². The zero-order valence-corrected chi connectivity index (χ0v) is 21.3. The molecule has 0 saturated heterocycles. The molecule has 0 heterocycles. The summed E-state index contributed by atoms with van der Waals surface area (Å²) in [4.78, 5) is 0. The molecule has 1 aliphatic rings. The maximum atomic E-state index is 11.9. The standard InChI is InChI=1S/C26H34Br2O2/c1-23(2)17-10-5-11-19-24(27,28)26(21-13-6-3-7-14-21,22-15-8-4-9-16-22)25(29,30)20-12-18-23/h3-4,6-9,13-16,29-30H,5,10-12,17-20H2,1-2H3. The number of halogens is 2. The summed E-state index contributed by atoms with van der Waals surface area (Å²) in [5.41, 5.74) is 0.931. The highest BCUT2D eigenvalue weighted by molar-refractivity contribution is 9.25. The van der Waals surface area contributed by atoms with Crippen LogP contribution in [-0.2, 0) is 5.41 Å². The molecule has 1 saturated carbocycles. The number of alkyl halides is 2. The van der Waals surface area contributed by atoms with Crippen molar-refractivity contribution in [1.29, 1.82) is 0 Å². The van der Waals surface area contributed by atoms with Crippen LogP contribution >= 0.6 is 31.9 Å². The average molecular weight is 538 g/mol. The van der Waals surface area contributed by atoms with Gasteiger partial charge in [-0.2, -0.15) is 0 Å². The van der Waals surface area contributed by atoms with Crippen molar-refractivity contribution in [3.05, 3.63) is 71.8 Å². The second-order valence-corrected chi connectivity index (χ2v) is 13.4. The Kier molecular flexibility index (Phi) is 7.54. The van der Waals surface area contributed by atoms with Crippen LogP contribution in [0.3, 0.4) is 0 Å². The van der Waals surface area contributed by atoms with Crippen molar-refractivity contribution in [1.82, 2.24) is 0 Å². The molecule has 0 unspecified atom stereocenters. The third kappa shape index (κ3) is 4.72. The first kappa shape index (κ1) is 24.0. The third-order valence-electron chi connectivity index (χ3n) is 6.79. The monoisotopic (exact) mass is 536 g/mol. The Bertz CT molecular complexity index is 761. The fourth-order valence-corrected chi connectivity index (χ4v) is 7.27. The largest absolute Gasteiger partial charge is 0.365 e. The molecular formula is C26H34Br2O2.